The largest absolute Gasteiger partial charge is 0.506 e. The first-order chi connectivity index (χ1) is 17.2. The average molecular weight is 638 g/mol. The van der Waals surface area contributed by atoms with Crippen LogP contribution in [0.25, 0.3) is 6.08 Å². The van der Waals surface area contributed by atoms with Gasteiger partial charge < -0.3 is 19.3 Å². The maximum Gasteiger partial charge on any atom is 0.338 e. The Bertz CT molecular complexity index is 1550. The second-order valence-electron chi connectivity index (χ2n) is 7.75. The standard InChI is InChI=1S/C25H22Br2N2O6S/c1-5-35-24(32)20-12(2)28-25-29(21(20)14-6-7-17(33-3)18(11-14)34-4)23(31)19(36-25)10-13-8-15(26)22(30)16(27)9-13/h6-11,21,30H,5H2,1-4H3/t21-/m1/s1. The topological polar surface area (TPSA) is 99.4 Å². The number of hydrogen-bond donors (Lipinski definition) is 1. The minimum atomic E-state index is -0.777. The van der Waals surface area contributed by atoms with Gasteiger partial charge in [-0.2, -0.15) is 0 Å². The van der Waals surface area contributed by atoms with E-state index in [2.05, 4.69) is 36.9 Å². The van der Waals surface area contributed by atoms with Gasteiger partial charge in [0.1, 0.15) is 5.75 Å². The van der Waals surface area contributed by atoms with Gasteiger partial charge in [-0.1, -0.05) is 17.4 Å². The number of allylic oxidation sites excluding steroid dienone is 1. The Morgan fingerprint density at radius 1 is 1.17 bits per heavy atom. The number of phenols is 1. The molecule has 0 fully saturated rings. The van der Waals surface area contributed by atoms with Crippen LogP contribution in [0.2, 0.25) is 0 Å². The van der Waals surface area contributed by atoms with Crippen molar-refractivity contribution in [1.82, 2.24) is 4.57 Å². The van der Waals surface area contributed by atoms with Crippen molar-refractivity contribution in [2.24, 2.45) is 4.99 Å². The number of carbonyl (C=O) groups is 1. The van der Waals surface area contributed by atoms with Crippen molar-refractivity contribution in [3.05, 3.63) is 81.4 Å². The Morgan fingerprint density at radius 2 is 1.83 bits per heavy atom. The number of nitrogens with zero attached hydrogens (tertiary/aromatic N) is 2. The van der Waals surface area contributed by atoms with Crippen LogP contribution in [0.15, 0.2) is 60.3 Å². The number of carbonyl (C=O) groups excluding carboxylic acids is 1. The first-order valence-corrected chi connectivity index (χ1v) is 13.2. The summed E-state index contributed by atoms with van der Waals surface area (Å²) in [4.78, 5) is 31.8. The number of esters is 1. The molecule has 0 radical (unpaired) electrons. The van der Waals surface area contributed by atoms with Gasteiger partial charge in [-0.3, -0.25) is 9.36 Å². The van der Waals surface area contributed by atoms with Crippen molar-refractivity contribution < 1.29 is 24.1 Å². The zero-order valence-electron chi connectivity index (χ0n) is 19.8. The van der Waals surface area contributed by atoms with E-state index in [9.17, 15) is 14.7 Å². The summed E-state index contributed by atoms with van der Waals surface area (Å²) in [6.45, 7) is 3.64. The lowest BCUT2D eigenvalue weighted by atomic mass is 9.95. The van der Waals surface area contributed by atoms with Gasteiger partial charge >= 0.3 is 5.97 Å². The van der Waals surface area contributed by atoms with Crippen molar-refractivity contribution in [2.75, 3.05) is 20.8 Å². The third-order valence-corrected chi connectivity index (χ3v) is 7.77. The molecule has 188 valence electrons. The molecule has 1 aliphatic heterocycles. The average Bonchev–Trinajstić information content (AvgIpc) is 3.15. The highest BCUT2D eigenvalue weighted by molar-refractivity contribution is 9.11. The summed E-state index contributed by atoms with van der Waals surface area (Å²) in [5, 5.41) is 10.0. The number of benzene rings is 2. The Kier molecular flexibility index (Phi) is 7.72. The number of aromatic hydroxyl groups is 1. The van der Waals surface area contributed by atoms with Crippen molar-refractivity contribution in [2.45, 2.75) is 19.9 Å². The third-order valence-electron chi connectivity index (χ3n) is 5.58. The third kappa shape index (κ3) is 4.74. The Hall–Kier alpha value is -2.89. The lowest BCUT2D eigenvalue weighted by molar-refractivity contribution is -0.139. The molecule has 36 heavy (non-hydrogen) atoms. The van der Waals surface area contributed by atoms with E-state index in [-0.39, 0.29) is 23.5 Å². The summed E-state index contributed by atoms with van der Waals surface area (Å²) >= 11 is 7.85. The fourth-order valence-electron chi connectivity index (χ4n) is 3.95. The van der Waals surface area contributed by atoms with Gasteiger partial charge in [0, 0.05) is 0 Å². The van der Waals surface area contributed by atoms with Gasteiger partial charge in [-0.05, 0) is 87.2 Å². The molecule has 2 aromatic carbocycles. The van der Waals surface area contributed by atoms with Crippen molar-refractivity contribution in [1.29, 1.82) is 0 Å². The summed E-state index contributed by atoms with van der Waals surface area (Å²) in [6, 6.07) is 7.90. The molecule has 0 bridgehead atoms. The minimum Gasteiger partial charge on any atom is -0.506 e. The number of methoxy groups -OCH3 is 2. The van der Waals surface area contributed by atoms with Crippen LogP contribution in [0.1, 0.15) is 31.0 Å². The molecule has 0 unspecified atom stereocenters. The minimum absolute atomic E-state index is 0.0665. The summed E-state index contributed by atoms with van der Waals surface area (Å²) < 4.78 is 19.1. The number of fused-ring (bicyclic) bond motifs is 1. The molecule has 0 saturated heterocycles. The number of halogens is 2. The number of hydrogen-bond acceptors (Lipinski definition) is 8. The molecule has 0 saturated carbocycles. The summed E-state index contributed by atoms with van der Waals surface area (Å²) in [5.74, 6) is 0.514. The summed E-state index contributed by atoms with van der Waals surface area (Å²) in [7, 11) is 3.06. The molecule has 1 aromatic heterocycles. The van der Waals surface area contributed by atoms with E-state index in [4.69, 9.17) is 14.2 Å². The quantitative estimate of drug-likeness (QED) is 0.410. The Balaban J connectivity index is 1.98. The molecule has 3 aromatic rings. The highest BCUT2D eigenvalue weighted by Gasteiger charge is 2.34. The molecule has 8 nitrogen and oxygen atoms in total. The SMILES string of the molecule is CCOC(=O)C1=C(C)N=c2sc(=Cc3cc(Br)c(O)c(Br)c3)c(=O)n2[C@@H]1c1ccc(OC)c(OC)c1. The Morgan fingerprint density at radius 3 is 2.44 bits per heavy atom. The predicted molar refractivity (Wildman–Crippen MR) is 143 cm³/mol. The van der Waals surface area contributed by atoms with E-state index in [0.717, 1.165) is 0 Å². The highest BCUT2D eigenvalue weighted by atomic mass is 79.9. The van der Waals surface area contributed by atoms with E-state index >= 15 is 0 Å². The summed E-state index contributed by atoms with van der Waals surface area (Å²) in [6.07, 6.45) is 1.72. The maximum atomic E-state index is 13.7. The molecule has 0 amide bonds. The number of aromatic nitrogens is 1. The van der Waals surface area contributed by atoms with Crippen molar-refractivity contribution in [3.63, 3.8) is 0 Å². The number of ether oxygens (including phenoxy) is 3. The van der Waals surface area contributed by atoms with Crippen LogP contribution in [0.5, 0.6) is 17.2 Å². The molecule has 1 atom stereocenters. The second-order valence-corrected chi connectivity index (χ2v) is 10.5. The molecule has 1 N–H and O–H groups in total. The fourth-order valence-corrected chi connectivity index (χ4v) is 6.22. The molecular formula is C25H22Br2N2O6S. The lowest BCUT2D eigenvalue weighted by Gasteiger charge is -2.25. The summed E-state index contributed by atoms with van der Waals surface area (Å²) in [5.41, 5.74) is 1.77. The van der Waals surface area contributed by atoms with E-state index in [0.29, 0.717) is 46.6 Å². The van der Waals surface area contributed by atoms with E-state index in [1.54, 1.807) is 50.3 Å². The van der Waals surface area contributed by atoms with Gasteiger partial charge in [-0.15, -0.1) is 0 Å². The van der Waals surface area contributed by atoms with Gasteiger partial charge in [0.05, 0.1) is 51.6 Å². The van der Waals surface area contributed by atoms with Crippen LogP contribution >= 0.6 is 43.2 Å². The number of phenolic OH excluding ortho intramolecular Hbond substituents is 1. The van der Waals surface area contributed by atoms with Crippen LogP contribution in [-0.2, 0) is 9.53 Å². The normalized spacial score (nSPS) is 15.4. The molecular weight excluding hydrogens is 616 g/mol. The van der Waals surface area contributed by atoms with Gasteiger partial charge in [0.15, 0.2) is 16.3 Å². The smallest absolute Gasteiger partial charge is 0.338 e. The van der Waals surface area contributed by atoms with Crippen molar-refractivity contribution in [3.8, 4) is 17.2 Å². The van der Waals surface area contributed by atoms with E-state index < -0.39 is 12.0 Å². The first-order valence-electron chi connectivity index (χ1n) is 10.8. The molecule has 0 spiro atoms. The van der Waals surface area contributed by atoms with E-state index in [1.165, 1.54) is 30.1 Å². The Labute approximate surface area is 227 Å². The molecule has 0 aliphatic carbocycles. The fraction of sp³-hybridized carbons (Fsp3) is 0.240. The lowest BCUT2D eigenvalue weighted by Crippen LogP contribution is -2.40. The molecule has 1 aliphatic rings. The van der Waals surface area contributed by atoms with Crippen LogP contribution in [0.3, 0.4) is 0 Å². The molecule has 11 heteroatoms. The first kappa shape index (κ1) is 26.2. The van der Waals surface area contributed by atoms with Gasteiger partial charge in [0.25, 0.3) is 5.56 Å². The number of rotatable bonds is 6. The van der Waals surface area contributed by atoms with Crippen molar-refractivity contribution >= 4 is 55.2 Å². The second kappa shape index (κ2) is 10.6. The van der Waals surface area contributed by atoms with Crippen LogP contribution < -0.4 is 24.4 Å². The van der Waals surface area contributed by atoms with Crippen LogP contribution in [-0.4, -0.2) is 36.5 Å². The van der Waals surface area contributed by atoms with Gasteiger partial charge in [0.2, 0.25) is 0 Å². The highest BCUT2D eigenvalue weighted by Crippen LogP contribution is 2.36. The zero-order valence-corrected chi connectivity index (χ0v) is 23.8. The monoisotopic (exact) mass is 636 g/mol. The molecule has 2 heterocycles. The van der Waals surface area contributed by atoms with E-state index in [1.807, 2.05) is 0 Å². The predicted octanol–water partition coefficient (Wildman–Crippen LogP) is 4.05. The zero-order chi connectivity index (χ0) is 26.1. The number of thiazole rings is 1. The van der Waals surface area contributed by atoms with Crippen LogP contribution in [0, 0.1) is 0 Å². The van der Waals surface area contributed by atoms with Crippen LogP contribution in [0.4, 0.5) is 0 Å². The van der Waals surface area contributed by atoms with Gasteiger partial charge in [-0.25, -0.2) is 9.79 Å². The molecule has 4 rings (SSSR count). The maximum absolute atomic E-state index is 13.7.